The van der Waals surface area contributed by atoms with Crippen LogP contribution in [-0.2, 0) is 0 Å². The molecule has 0 heterocycles. The maximum absolute atomic E-state index is 9.12. The minimum absolute atomic E-state index is 0.157. The van der Waals surface area contributed by atoms with Gasteiger partial charge in [-0.25, -0.2) is 0 Å². The zero-order chi connectivity index (χ0) is 12.7. The van der Waals surface area contributed by atoms with Crippen molar-refractivity contribution in [2.45, 2.75) is 38.6 Å². The predicted molar refractivity (Wildman–Crippen MR) is 69.7 cm³/mol. The molecular weight excluding hydrogens is 216 g/mol. The standard InChI is InChI=1S/C13H28N2O2/c1-2-11-3-4-12(10-14)13(9-11)15(5-7-16)6-8-17/h11-13,16-17H,2-10,14H2,1H3. The van der Waals surface area contributed by atoms with E-state index in [4.69, 9.17) is 15.9 Å². The van der Waals surface area contributed by atoms with Crippen LogP contribution >= 0.6 is 0 Å². The van der Waals surface area contributed by atoms with Gasteiger partial charge in [-0.3, -0.25) is 4.90 Å². The largest absolute Gasteiger partial charge is 0.395 e. The number of nitrogens with zero attached hydrogens (tertiary/aromatic N) is 1. The number of rotatable bonds is 7. The lowest BCUT2D eigenvalue weighted by Gasteiger charge is -2.42. The Morgan fingerprint density at radius 2 is 1.82 bits per heavy atom. The quantitative estimate of drug-likeness (QED) is 0.607. The molecule has 1 rings (SSSR count). The van der Waals surface area contributed by atoms with Crippen molar-refractivity contribution in [3.8, 4) is 0 Å². The molecule has 3 atom stereocenters. The molecule has 0 amide bonds. The third-order valence-electron chi connectivity index (χ3n) is 4.19. The van der Waals surface area contributed by atoms with Gasteiger partial charge in [-0.15, -0.1) is 0 Å². The molecule has 0 aromatic rings. The van der Waals surface area contributed by atoms with E-state index in [1.165, 1.54) is 25.7 Å². The lowest BCUT2D eigenvalue weighted by atomic mass is 9.76. The molecule has 17 heavy (non-hydrogen) atoms. The van der Waals surface area contributed by atoms with E-state index in [9.17, 15) is 0 Å². The molecule has 0 bridgehead atoms. The third-order valence-corrected chi connectivity index (χ3v) is 4.19. The summed E-state index contributed by atoms with van der Waals surface area (Å²) >= 11 is 0. The van der Waals surface area contributed by atoms with Crippen LogP contribution in [0.4, 0.5) is 0 Å². The van der Waals surface area contributed by atoms with Crippen LogP contribution in [0.5, 0.6) is 0 Å². The smallest absolute Gasteiger partial charge is 0.0558 e. The average Bonchev–Trinajstić information content (AvgIpc) is 2.37. The highest BCUT2D eigenvalue weighted by atomic mass is 16.3. The normalized spacial score (nSPS) is 29.8. The Balaban J connectivity index is 2.64. The van der Waals surface area contributed by atoms with Crippen LogP contribution in [0, 0.1) is 11.8 Å². The van der Waals surface area contributed by atoms with Gasteiger partial charge in [-0.2, -0.15) is 0 Å². The van der Waals surface area contributed by atoms with Crippen LogP contribution in [0.1, 0.15) is 32.6 Å². The molecule has 4 nitrogen and oxygen atoms in total. The van der Waals surface area contributed by atoms with Gasteiger partial charge < -0.3 is 15.9 Å². The third kappa shape index (κ3) is 4.21. The van der Waals surface area contributed by atoms with Crippen molar-refractivity contribution >= 4 is 0 Å². The van der Waals surface area contributed by atoms with Crippen molar-refractivity contribution in [3.05, 3.63) is 0 Å². The molecule has 0 saturated heterocycles. The van der Waals surface area contributed by atoms with E-state index in [1.54, 1.807) is 0 Å². The van der Waals surface area contributed by atoms with E-state index in [0.717, 1.165) is 5.92 Å². The molecule has 0 aliphatic heterocycles. The predicted octanol–water partition coefficient (Wildman–Crippen LogP) is 0.427. The summed E-state index contributed by atoms with van der Waals surface area (Å²) in [7, 11) is 0. The molecule has 1 saturated carbocycles. The van der Waals surface area contributed by atoms with Crippen molar-refractivity contribution in [2.75, 3.05) is 32.8 Å². The van der Waals surface area contributed by atoms with Crippen LogP contribution in [0.3, 0.4) is 0 Å². The highest BCUT2D eigenvalue weighted by Gasteiger charge is 2.32. The Hall–Kier alpha value is -0.160. The van der Waals surface area contributed by atoms with Gasteiger partial charge in [0.1, 0.15) is 0 Å². The van der Waals surface area contributed by atoms with Crippen LogP contribution in [0.15, 0.2) is 0 Å². The van der Waals surface area contributed by atoms with Crippen LogP contribution in [0.25, 0.3) is 0 Å². The molecule has 1 aliphatic rings. The first-order valence-electron chi connectivity index (χ1n) is 6.92. The van der Waals surface area contributed by atoms with E-state index in [0.29, 0.717) is 31.6 Å². The second-order valence-corrected chi connectivity index (χ2v) is 5.13. The second-order valence-electron chi connectivity index (χ2n) is 5.13. The average molecular weight is 244 g/mol. The fraction of sp³-hybridized carbons (Fsp3) is 1.00. The Morgan fingerprint density at radius 1 is 1.18 bits per heavy atom. The van der Waals surface area contributed by atoms with Gasteiger partial charge in [-0.1, -0.05) is 19.8 Å². The van der Waals surface area contributed by atoms with Gasteiger partial charge in [0.05, 0.1) is 13.2 Å². The van der Waals surface area contributed by atoms with Gasteiger partial charge in [0, 0.05) is 19.1 Å². The van der Waals surface area contributed by atoms with Crippen molar-refractivity contribution in [1.82, 2.24) is 4.90 Å². The Morgan fingerprint density at radius 3 is 2.29 bits per heavy atom. The molecule has 4 N–H and O–H groups in total. The molecule has 0 radical (unpaired) electrons. The molecular formula is C13H28N2O2. The first-order valence-corrected chi connectivity index (χ1v) is 6.92. The zero-order valence-electron chi connectivity index (χ0n) is 11.0. The van der Waals surface area contributed by atoms with Gasteiger partial charge >= 0.3 is 0 Å². The van der Waals surface area contributed by atoms with Gasteiger partial charge in [0.2, 0.25) is 0 Å². The maximum Gasteiger partial charge on any atom is 0.0558 e. The van der Waals surface area contributed by atoms with E-state index in [-0.39, 0.29) is 13.2 Å². The van der Waals surface area contributed by atoms with E-state index in [1.807, 2.05) is 0 Å². The van der Waals surface area contributed by atoms with Crippen LogP contribution in [0.2, 0.25) is 0 Å². The SMILES string of the molecule is CCC1CCC(CN)C(N(CCO)CCO)C1. The van der Waals surface area contributed by atoms with Gasteiger partial charge in [0.25, 0.3) is 0 Å². The summed E-state index contributed by atoms with van der Waals surface area (Å²) in [6.45, 7) is 4.58. The minimum atomic E-state index is 0.157. The fourth-order valence-electron chi connectivity index (χ4n) is 3.09. The molecule has 4 heteroatoms. The molecule has 3 unspecified atom stereocenters. The van der Waals surface area contributed by atoms with Gasteiger partial charge in [0.15, 0.2) is 0 Å². The van der Waals surface area contributed by atoms with E-state index >= 15 is 0 Å². The molecule has 1 fully saturated rings. The van der Waals surface area contributed by atoms with Crippen molar-refractivity contribution in [3.63, 3.8) is 0 Å². The summed E-state index contributed by atoms with van der Waals surface area (Å²) in [5.41, 5.74) is 5.86. The molecule has 0 aromatic heterocycles. The number of hydrogen-bond donors (Lipinski definition) is 3. The lowest BCUT2D eigenvalue weighted by Crippen LogP contribution is -2.48. The molecule has 0 aromatic carbocycles. The van der Waals surface area contributed by atoms with Crippen LogP contribution in [-0.4, -0.2) is 54.0 Å². The fourth-order valence-corrected chi connectivity index (χ4v) is 3.09. The first kappa shape index (κ1) is 14.9. The summed E-state index contributed by atoms with van der Waals surface area (Å²) in [6.07, 6.45) is 4.85. The first-order chi connectivity index (χ1) is 8.26. The second kappa shape index (κ2) is 8.03. The maximum atomic E-state index is 9.12. The van der Waals surface area contributed by atoms with Crippen molar-refractivity contribution < 1.29 is 10.2 Å². The molecule has 1 aliphatic carbocycles. The van der Waals surface area contributed by atoms with E-state index < -0.39 is 0 Å². The van der Waals surface area contributed by atoms with Crippen LogP contribution < -0.4 is 5.73 Å². The zero-order valence-corrected chi connectivity index (χ0v) is 11.0. The Labute approximate surface area is 105 Å². The molecule has 0 spiro atoms. The Bertz CT molecular complexity index is 196. The van der Waals surface area contributed by atoms with Gasteiger partial charge in [-0.05, 0) is 31.2 Å². The highest BCUT2D eigenvalue weighted by molar-refractivity contribution is 4.87. The summed E-state index contributed by atoms with van der Waals surface area (Å²) in [5.74, 6) is 1.30. The highest BCUT2D eigenvalue weighted by Crippen LogP contribution is 2.33. The number of nitrogens with two attached hydrogens (primary N) is 1. The topological polar surface area (TPSA) is 69.7 Å². The monoisotopic (exact) mass is 244 g/mol. The number of aliphatic hydroxyl groups is 2. The summed E-state index contributed by atoms with van der Waals surface area (Å²) in [4.78, 5) is 2.22. The summed E-state index contributed by atoms with van der Waals surface area (Å²) in [5, 5.41) is 18.2. The van der Waals surface area contributed by atoms with Crippen molar-refractivity contribution in [2.24, 2.45) is 17.6 Å². The Kier molecular flexibility index (Phi) is 7.04. The minimum Gasteiger partial charge on any atom is -0.395 e. The van der Waals surface area contributed by atoms with E-state index in [2.05, 4.69) is 11.8 Å². The van der Waals surface area contributed by atoms with Crippen molar-refractivity contribution in [1.29, 1.82) is 0 Å². The lowest BCUT2D eigenvalue weighted by molar-refractivity contribution is 0.0520. The summed E-state index contributed by atoms with van der Waals surface area (Å²) in [6, 6.07) is 0.443. The molecule has 102 valence electrons. The number of hydrogen-bond acceptors (Lipinski definition) is 4. The summed E-state index contributed by atoms with van der Waals surface area (Å²) < 4.78 is 0. The number of aliphatic hydroxyl groups excluding tert-OH is 2.